The number of aromatic amines is 1. The molecule has 0 amide bonds. The summed E-state index contributed by atoms with van der Waals surface area (Å²) in [6, 6.07) is 7.40. The summed E-state index contributed by atoms with van der Waals surface area (Å²) in [7, 11) is -3.49. The maximum Gasteiger partial charge on any atom is 0.306 e. The van der Waals surface area contributed by atoms with Crippen LogP contribution in [-0.2, 0) is 10.1 Å². The summed E-state index contributed by atoms with van der Waals surface area (Å²) in [6.45, 7) is 6.64. The highest BCUT2D eigenvalue weighted by atomic mass is 32.2. The molecule has 2 aromatic rings. The average Bonchev–Trinajstić information content (AvgIpc) is 2.76. The van der Waals surface area contributed by atoms with Crippen LogP contribution in [0.3, 0.4) is 0 Å². The molecule has 0 saturated carbocycles. The fourth-order valence-electron chi connectivity index (χ4n) is 2.66. The minimum Gasteiger partial charge on any atom is -0.383 e. The minimum absolute atomic E-state index is 0.354. The molecule has 0 fully saturated rings. The molecular formula is C16H23NO3S. The third-order valence-electron chi connectivity index (χ3n) is 3.55. The zero-order chi connectivity index (χ0) is 15.6. The molecule has 0 aliphatic carbocycles. The Kier molecular flexibility index (Phi) is 4.61. The Labute approximate surface area is 126 Å². The third-order valence-corrected chi connectivity index (χ3v) is 4.04. The van der Waals surface area contributed by atoms with Gasteiger partial charge in [-0.15, -0.1) is 0 Å². The summed E-state index contributed by atoms with van der Waals surface area (Å²) in [4.78, 5) is 3.44. The van der Waals surface area contributed by atoms with E-state index in [1.54, 1.807) is 12.1 Å². The summed E-state index contributed by atoms with van der Waals surface area (Å²) in [6.07, 6.45) is 3.27. The van der Waals surface area contributed by atoms with Gasteiger partial charge in [0.1, 0.15) is 5.75 Å². The van der Waals surface area contributed by atoms with Gasteiger partial charge in [-0.2, -0.15) is 8.42 Å². The summed E-state index contributed by atoms with van der Waals surface area (Å²) in [5, 5.41) is 0.980. The number of hydrogen-bond acceptors (Lipinski definition) is 3. The number of nitrogens with one attached hydrogen (secondary N) is 1. The van der Waals surface area contributed by atoms with Gasteiger partial charge in [0.2, 0.25) is 0 Å². The molecule has 2 rings (SSSR count). The molecule has 21 heavy (non-hydrogen) atoms. The Bertz CT molecular complexity index is 716. The van der Waals surface area contributed by atoms with E-state index in [0.717, 1.165) is 30.0 Å². The van der Waals surface area contributed by atoms with Crippen molar-refractivity contribution in [1.29, 1.82) is 0 Å². The number of benzene rings is 1. The van der Waals surface area contributed by atoms with Crippen LogP contribution in [0.25, 0.3) is 10.9 Å². The van der Waals surface area contributed by atoms with E-state index in [1.807, 2.05) is 6.07 Å². The van der Waals surface area contributed by atoms with Crippen LogP contribution in [0.4, 0.5) is 0 Å². The predicted octanol–water partition coefficient (Wildman–Crippen LogP) is 4.05. The molecule has 1 aromatic carbocycles. The number of fused-ring (bicyclic) bond motifs is 1. The Balaban J connectivity index is 2.33. The van der Waals surface area contributed by atoms with E-state index in [4.69, 9.17) is 4.18 Å². The van der Waals surface area contributed by atoms with E-state index in [2.05, 4.69) is 31.8 Å². The van der Waals surface area contributed by atoms with Crippen molar-refractivity contribution in [3.05, 3.63) is 30.0 Å². The molecule has 0 aliphatic heterocycles. The SMILES string of the molecule is CCC(CC(C)C)c1cc2cc(OS(C)(=O)=O)ccc2[nH]1. The fourth-order valence-corrected chi connectivity index (χ4v) is 3.12. The van der Waals surface area contributed by atoms with Gasteiger partial charge >= 0.3 is 10.1 Å². The first kappa shape index (κ1) is 15.9. The van der Waals surface area contributed by atoms with Gasteiger partial charge in [0.25, 0.3) is 0 Å². The van der Waals surface area contributed by atoms with Crippen molar-refractivity contribution in [3.63, 3.8) is 0 Å². The van der Waals surface area contributed by atoms with Crippen molar-refractivity contribution in [3.8, 4) is 5.75 Å². The molecule has 5 heteroatoms. The van der Waals surface area contributed by atoms with E-state index in [-0.39, 0.29) is 0 Å². The molecule has 116 valence electrons. The fraction of sp³-hybridized carbons (Fsp3) is 0.500. The van der Waals surface area contributed by atoms with E-state index >= 15 is 0 Å². The number of aromatic nitrogens is 1. The Morgan fingerprint density at radius 1 is 1.24 bits per heavy atom. The maximum absolute atomic E-state index is 11.2. The normalized spacial score (nSPS) is 13.8. The van der Waals surface area contributed by atoms with Gasteiger partial charge in [-0.25, -0.2) is 0 Å². The molecule has 1 N–H and O–H groups in total. The lowest BCUT2D eigenvalue weighted by Gasteiger charge is -2.15. The maximum atomic E-state index is 11.2. The second-order valence-electron chi connectivity index (χ2n) is 6.00. The average molecular weight is 309 g/mol. The van der Waals surface area contributed by atoms with Crippen LogP contribution >= 0.6 is 0 Å². The van der Waals surface area contributed by atoms with Crippen molar-refractivity contribution >= 4 is 21.0 Å². The van der Waals surface area contributed by atoms with Crippen LogP contribution in [0.15, 0.2) is 24.3 Å². The summed E-state index contributed by atoms with van der Waals surface area (Å²) < 4.78 is 27.3. The van der Waals surface area contributed by atoms with Crippen molar-refractivity contribution < 1.29 is 12.6 Å². The van der Waals surface area contributed by atoms with Crippen molar-refractivity contribution in [1.82, 2.24) is 4.98 Å². The quantitative estimate of drug-likeness (QED) is 0.819. The highest BCUT2D eigenvalue weighted by Crippen LogP contribution is 2.30. The van der Waals surface area contributed by atoms with E-state index in [9.17, 15) is 8.42 Å². The van der Waals surface area contributed by atoms with Gasteiger partial charge in [-0.1, -0.05) is 20.8 Å². The minimum atomic E-state index is -3.49. The standard InChI is InChI=1S/C16H23NO3S/c1-5-12(8-11(2)3)16-10-13-9-14(20-21(4,18)19)6-7-15(13)17-16/h6-7,9-12,17H,5,8H2,1-4H3. The lowest BCUT2D eigenvalue weighted by atomic mass is 9.92. The van der Waals surface area contributed by atoms with Crippen LogP contribution in [0.5, 0.6) is 5.75 Å². The predicted molar refractivity (Wildman–Crippen MR) is 86.3 cm³/mol. The van der Waals surface area contributed by atoms with Gasteiger partial charge in [-0.3, -0.25) is 0 Å². The second kappa shape index (κ2) is 6.10. The van der Waals surface area contributed by atoms with E-state index in [1.165, 1.54) is 5.69 Å². The number of H-pyrrole nitrogens is 1. The first-order chi connectivity index (χ1) is 9.78. The van der Waals surface area contributed by atoms with E-state index < -0.39 is 10.1 Å². The molecule has 1 unspecified atom stereocenters. The zero-order valence-electron chi connectivity index (χ0n) is 13.0. The topological polar surface area (TPSA) is 59.2 Å². The summed E-state index contributed by atoms with van der Waals surface area (Å²) in [5.41, 5.74) is 2.21. The first-order valence-corrected chi connectivity index (χ1v) is 9.12. The highest BCUT2D eigenvalue weighted by Gasteiger charge is 2.14. The zero-order valence-corrected chi connectivity index (χ0v) is 13.8. The lowest BCUT2D eigenvalue weighted by molar-refractivity contribution is 0.483. The van der Waals surface area contributed by atoms with Gasteiger partial charge < -0.3 is 9.17 Å². The van der Waals surface area contributed by atoms with Crippen LogP contribution in [0, 0.1) is 5.92 Å². The lowest BCUT2D eigenvalue weighted by Crippen LogP contribution is -2.05. The van der Waals surface area contributed by atoms with Gasteiger partial charge in [0.15, 0.2) is 0 Å². The first-order valence-electron chi connectivity index (χ1n) is 7.30. The molecule has 1 atom stereocenters. The monoisotopic (exact) mass is 309 g/mol. The molecule has 1 aromatic heterocycles. The highest BCUT2D eigenvalue weighted by molar-refractivity contribution is 7.86. The van der Waals surface area contributed by atoms with Crippen molar-refractivity contribution in [2.24, 2.45) is 5.92 Å². The molecule has 0 aliphatic rings. The van der Waals surface area contributed by atoms with Crippen LogP contribution in [0.2, 0.25) is 0 Å². The second-order valence-corrected chi connectivity index (χ2v) is 7.57. The Hall–Kier alpha value is -1.49. The molecule has 4 nitrogen and oxygen atoms in total. The van der Waals surface area contributed by atoms with Gasteiger partial charge in [0, 0.05) is 16.6 Å². The van der Waals surface area contributed by atoms with E-state index in [0.29, 0.717) is 17.6 Å². The molecule has 0 saturated heterocycles. The Morgan fingerprint density at radius 3 is 2.52 bits per heavy atom. The molecule has 0 radical (unpaired) electrons. The summed E-state index contributed by atoms with van der Waals surface area (Å²) >= 11 is 0. The smallest absolute Gasteiger partial charge is 0.306 e. The molecule has 0 bridgehead atoms. The number of hydrogen-bond donors (Lipinski definition) is 1. The van der Waals surface area contributed by atoms with Crippen LogP contribution in [-0.4, -0.2) is 19.7 Å². The van der Waals surface area contributed by atoms with Crippen LogP contribution < -0.4 is 4.18 Å². The number of rotatable bonds is 6. The van der Waals surface area contributed by atoms with Crippen molar-refractivity contribution in [2.45, 2.75) is 39.5 Å². The molecule has 0 spiro atoms. The molecular weight excluding hydrogens is 286 g/mol. The summed E-state index contributed by atoms with van der Waals surface area (Å²) in [5.74, 6) is 1.50. The van der Waals surface area contributed by atoms with Gasteiger partial charge in [-0.05, 0) is 48.9 Å². The van der Waals surface area contributed by atoms with Crippen molar-refractivity contribution in [2.75, 3.05) is 6.26 Å². The third kappa shape index (κ3) is 4.24. The molecule has 1 heterocycles. The Morgan fingerprint density at radius 2 is 1.95 bits per heavy atom. The largest absolute Gasteiger partial charge is 0.383 e. The van der Waals surface area contributed by atoms with Crippen LogP contribution in [0.1, 0.15) is 45.2 Å². The van der Waals surface area contributed by atoms with Gasteiger partial charge in [0.05, 0.1) is 6.26 Å².